The summed E-state index contributed by atoms with van der Waals surface area (Å²) in [6.45, 7) is 3.78. The Balaban J connectivity index is 1.34. The van der Waals surface area contributed by atoms with Crippen LogP contribution in [0.2, 0.25) is 0 Å². The molecule has 2 amide bonds. The highest BCUT2D eigenvalue weighted by Gasteiger charge is 2.40. The van der Waals surface area contributed by atoms with Gasteiger partial charge in [-0.05, 0) is 47.9 Å². The molecule has 2 aromatic heterocycles. The van der Waals surface area contributed by atoms with Gasteiger partial charge in [-0.25, -0.2) is 9.97 Å². The maximum absolute atomic E-state index is 13.0. The van der Waals surface area contributed by atoms with Crippen molar-refractivity contribution in [3.8, 4) is 0 Å². The SMILES string of the molecule is CCCc1cc(C(=O)N2CCC3(CC2)CN=C(NC(=O)c2nc(I)c(N)nc2N)N3)n(C)n1. The lowest BCUT2D eigenvalue weighted by molar-refractivity contribution is 0.0657. The van der Waals surface area contributed by atoms with Crippen LogP contribution in [0, 0.1) is 3.70 Å². The first-order chi connectivity index (χ1) is 15.7. The summed E-state index contributed by atoms with van der Waals surface area (Å²) in [5, 5.41) is 10.5. The van der Waals surface area contributed by atoms with Crippen molar-refractivity contribution >= 4 is 52.0 Å². The number of nitrogens with one attached hydrogen (secondary N) is 2. The Morgan fingerprint density at radius 3 is 2.67 bits per heavy atom. The number of halogens is 1. The van der Waals surface area contributed by atoms with Crippen molar-refractivity contribution in [1.82, 2.24) is 35.3 Å². The number of nitrogens with zero attached hydrogens (tertiary/aromatic N) is 6. The number of aliphatic imine (C=N–C) groups is 1. The molecule has 0 radical (unpaired) electrons. The number of hydrogen-bond acceptors (Lipinski definition) is 9. The molecule has 4 rings (SSSR count). The molecule has 0 aromatic carbocycles. The Bertz CT molecular complexity index is 1120. The number of nitrogen functional groups attached to an aromatic ring is 2. The van der Waals surface area contributed by atoms with Crippen molar-refractivity contribution in [3.63, 3.8) is 0 Å². The van der Waals surface area contributed by atoms with Crippen LogP contribution < -0.4 is 22.1 Å². The summed E-state index contributed by atoms with van der Waals surface area (Å²) in [6, 6.07) is 1.88. The van der Waals surface area contributed by atoms with Gasteiger partial charge in [0, 0.05) is 20.1 Å². The molecule has 176 valence electrons. The van der Waals surface area contributed by atoms with Crippen LogP contribution in [0.1, 0.15) is 52.9 Å². The molecule has 12 nitrogen and oxygen atoms in total. The quantitative estimate of drug-likeness (QED) is 0.383. The average Bonchev–Trinajstić information content (AvgIpc) is 3.34. The monoisotopic (exact) mass is 566 g/mol. The summed E-state index contributed by atoms with van der Waals surface area (Å²) in [7, 11) is 1.80. The largest absolute Gasteiger partial charge is 0.382 e. The highest BCUT2D eigenvalue weighted by atomic mass is 127. The molecule has 0 atom stereocenters. The van der Waals surface area contributed by atoms with Crippen LogP contribution >= 0.6 is 22.6 Å². The van der Waals surface area contributed by atoms with Gasteiger partial charge in [-0.1, -0.05) is 13.3 Å². The molecule has 0 unspecified atom stereocenters. The van der Waals surface area contributed by atoms with Crippen LogP contribution in [0.4, 0.5) is 11.6 Å². The second kappa shape index (κ2) is 9.11. The Morgan fingerprint density at radius 1 is 1.24 bits per heavy atom. The number of likely N-dealkylation sites (tertiary alicyclic amines) is 1. The third-order valence-corrected chi connectivity index (χ3v) is 6.73. The van der Waals surface area contributed by atoms with Gasteiger partial charge in [0.1, 0.15) is 9.39 Å². The number of carbonyl (C=O) groups excluding carboxylic acids is 2. The van der Waals surface area contributed by atoms with E-state index in [2.05, 4.69) is 37.6 Å². The highest BCUT2D eigenvalue weighted by Crippen LogP contribution is 2.27. The molecule has 4 heterocycles. The molecular formula is C20H27IN10O2. The van der Waals surface area contributed by atoms with E-state index in [1.54, 1.807) is 11.7 Å². The molecule has 1 spiro atoms. The third kappa shape index (κ3) is 4.72. The van der Waals surface area contributed by atoms with Crippen molar-refractivity contribution in [1.29, 1.82) is 0 Å². The Labute approximate surface area is 204 Å². The van der Waals surface area contributed by atoms with Gasteiger partial charge in [-0.15, -0.1) is 0 Å². The van der Waals surface area contributed by atoms with E-state index in [1.807, 2.05) is 33.6 Å². The van der Waals surface area contributed by atoms with Crippen molar-refractivity contribution in [3.05, 3.63) is 26.8 Å². The van der Waals surface area contributed by atoms with E-state index in [4.69, 9.17) is 11.5 Å². The molecule has 2 aromatic rings. The zero-order valence-corrected chi connectivity index (χ0v) is 20.7. The minimum atomic E-state index is -0.507. The summed E-state index contributed by atoms with van der Waals surface area (Å²) in [5.74, 6) is -0.0185. The second-order valence-corrected chi connectivity index (χ2v) is 9.37. The van der Waals surface area contributed by atoms with E-state index in [1.165, 1.54) is 0 Å². The summed E-state index contributed by atoms with van der Waals surface area (Å²) < 4.78 is 2.06. The number of amides is 2. The topological polar surface area (TPSA) is 169 Å². The van der Waals surface area contributed by atoms with Crippen LogP contribution in [0.3, 0.4) is 0 Å². The molecule has 6 N–H and O–H groups in total. The average molecular weight is 566 g/mol. The maximum atomic E-state index is 13.0. The van der Waals surface area contributed by atoms with Gasteiger partial charge >= 0.3 is 0 Å². The van der Waals surface area contributed by atoms with Crippen molar-refractivity contribution in [2.45, 2.75) is 38.1 Å². The minimum Gasteiger partial charge on any atom is -0.382 e. The normalized spacial score (nSPS) is 17.1. The summed E-state index contributed by atoms with van der Waals surface area (Å²) >= 11 is 1.90. The Kier molecular flexibility index (Phi) is 6.41. The fourth-order valence-corrected chi connectivity index (χ4v) is 4.46. The molecule has 1 saturated heterocycles. The van der Waals surface area contributed by atoms with Gasteiger partial charge in [0.05, 0.1) is 17.8 Å². The summed E-state index contributed by atoms with van der Waals surface area (Å²) in [5.41, 5.74) is 12.7. The number of nitrogens with two attached hydrogens (primary N) is 2. The van der Waals surface area contributed by atoms with Gasteiger partial charge in [-0.2, -0.15) is 5.10 Å². The fraction of sp³-hybridized carbons (Fsp3) is 0.500. The van der Waals surface area contributed by atoms with Gasteiger partial charge in [0.2, 0.25) is 0 Å². The number of piperidine rings is 1. The van der Waals surface area contributed by atoms with Gasteiger partial charge in [-0.3, -0.25) is 24.6 Å². The van der Waals surface area contributed by atoms with Gasteiger partial charge in [0.15, 0.2) is 23.3 Å². The summed E-state index contributed by atoms with van der Waals surface area (Å²) in [4.78, 5) is 40.0. The number of anilines is 2. The van der Waals surface area contributed by atoms with E-state index in [0.29, 0.717) is 47.8 Å². The molecular weight excluding hydrogens is 539 g/mol. The van der Waals surface area contributed by atoms with E-state index < -0.39 is 5.91 Å². The lowest BCUT2D eigenvalue weighted by atomic mass is 9.88. The molecule has 13 heteroatoms. The van der Waals surface area contributed by atoms with Crippen LogP contribution in [0.25, 0.3) is 0 Å². The van der Waals surface area contributed by atoms with Crippen LogP contribution in [-0.2, 0) is 13.5 Å². The number of aryl methyl sites for hydroxylation is 2. The zero-order chi connectivity index (χ0) is 23.8. The number of aromatic nitrogens is 4. The number of rotatable bonds is 4. The first kappa shape index (κ1) is 23.2. The van der Waals surface area contributed by atoms with E-state index >= 15 is 0 Å². The minimum absolute atomic E-state index is 0.00177. The van der Waals surface area contributed by atoms with Crippen LogP contribution in [0.5, 0.6) is 0 Å². The summed E-state index contributed by atoms with van der Waals surface area (Å²) in [6.07, 6.45) is 3.26. The maximum Gasteiger partial charge on any atom is 0.280 e. The van der Waals surface area contributed by atoms with Crippen molar-refractivity contribution in [2.75, 3.05) is 31.1 Å². The first-order valence-electron chi connectivity index (χ1n) is 10.8. The lowest BCUT2D eigenvalue weighted by Crippen LogP contribution is -2.57. The zero-order valence-electron chi connectivity index (χ0n) is 18.6. The van der Waals surface area contributed by atoms with E-state index in [9.17, 15) is 9.59 Å². The number of guanidine groups is 1. The molecule has 1 fully saturated rings. The Morgan fingerprint density at radius 2 is 1.97 bits per heavy atom. The molecule has 2 aliphatic heterocycles. The smallest absolute Gasteiger partial charge is 0.280 e. The number of hydrogen-bond donors (Lipinski definition) is 4. The second-order valence-electron chi connectivity index (χ2n) is 8.34. The van der Waals surface area contributed by atoms with E-state index in [0.717, 1.165) is 18.5 Å². The van der Waals surface area contributed by atoms with Crippen LogP contribution in [0.15, 0.2) is 11.1 Å². The molecule has 0 aliphatic carbocycles. The fourth-order valence-electron chi connectivity index (χ4n) is 4.09. The Hall–Kier alpha value is -2.97. The molecule has 0 saturated carbocycles. The molecule has 0 bridgehead atoms. The first-order valence-corrected chi connectivity index (χ1v) is 11.8. The van der Waals surface area contributed by atoms with Crippen molar-refractivity contribution in [2.24, 2.45) is 12.0 Å². The van der Waals surface area contributed by atoms with Gasteiger partial charge < -0.3 is 21.7 Å². The van der Waals surface area contributed by atoms with Crippen molar-refractivity contribution < 1.29 is 9.59 Å². The predicted molar refractivity (Wildman–Crippen MR) is 132 cm³/mol. The number of carbonyl (C=O) groups is 2. The van der Waals surface area contributed by atoms with E-state index in [-0.39, 0.29) is 28.8 Å². The lowest BCUT2D eigenvalue weighted by Gasteiger charge is -2.39. The van der Waals surface area contributed by atoms with Gasteiger partial charge in [0.25, 0.3) is 11.8 Å². The predicted octanol–water partition coefficient (Wildman–Crippen LogP) is 0.296. The molecule has 2 aliphatic rings. The highest BCUT2D eigenvalue weighted by molar-refractivity contribution is 14.1. The molecule has 33 heavy (non-hydrogen) atoms. The van der Waals surface area contributed by atoms with Crippen LogP contribution in [-0.4, -0.2) is 67.6 Å². The standard InChI is InChI=1S/C20H27IN10O2/c1-3-4-11-9-12(30(2)29-11)18(33)31-7-5-20(6-8-31)10-24-19(28-20)27-17(32)13-15(22)26-16(23)14(21)25-13/h9H,3-8,10H2,1-2H3,(H4,22,23,26)(H2,24,27,28,32). The third-order valence-electron chi connectivity index (χ3n) is 5.94.